The zero-order valence-electron chi connectivity index (χ0n) is 20.5. The molecule has 1 aromatic heterocycles. The molecule has 0 radical (unpaired) electrons. The van der Waals surface area contributed by atoms with Crippen molar-refractivity contribution in [2.75, 3.05) is 13.2 Å². The highest BCUT2D eigenvalue weighted by Crippen LogP contribution is 2.32. The predicted molar refractivity (Wildman–Crippen MR) is 139 cm³/mol. The molecule has 35 heavy (non-hydrogen) atoms. The summed E-state index contributed by atoms with van der Waals surface area (Å²) in [5, 5.41) is 0. The van der Waals surface area contributed by atoms with Crippen molar-refractivity contribution >= 4 is 11.8 Å². The van der Waals surface area contributed by atoms with E-state index in [-0.39, 0.29) is 6.08 Å². The standard InChI is InChI=1S/C29H31N3O3/c1-4-33-29(35-25-16-9-6-10-17-25)31-27-22(2)13-11-18-26(27)34-20-12-19-32-21-30-28(23(32)3)24-14-7-5-8-15-24/h5-11,13-18,21H,4,12,19-20H2,1-3H3. The molecule has 1 heterocycles. The second-order valence-electron chi connectivity index (χ2n) is 8.09. The van der Waals surface area contributed by atoms with Crippen LogP contribution in [0.1, 0.15) is 24.6 Å². The number of nitrogens with zero attached hydrogens (tertiary/aromatic N) is 3. The Morgan fingerprint density at radius 1 is 0.914 bits per heavy atom. The summed E-state index contributed by atoms with van der Waals surface area (Å²) in [7, 11) is 0. The number of hydrogen-bond acceptors (Lipinski definition) is 5. The van der Waals surface area contributed by atoms with Crippen molar-refractivity contribution in [1.29, 1.82) is 0 Å². The summed E-state index contributed by atoms with van der Waals surface area (Å²) in [5.74, 6) is 1.37. The van der Waals surface area contributed by atoms with Crippen LogP contribution in [0.3, 0.4) is 0 Å². The first-order valence-electron chi connectivity index (χ1n) is 11.9. The average Bonchev–Trinajstić information content (AvgIpc) is 3.25. The first-order valence-corrected chi connectivity index (χ1v) is 11.9. The summed E-state index contributed by atoms with van der Waals surface area (Å²) in [6.45, 7) is 7.82. The molecule has 0 aliphatic heterocycles. The van der Waals surface area contributed by atoms with E-state index in [2.05, 4.69) is 33.6 Å². The van der Waals surface area contributed by atoms with E-state index in [1.165, 1.54) is 0 Å². The van der Waals surface area contributed by atoms with Gasteiger partial charge in [-0.1, -0.05) is 60.7 Å². The molecule has 180 valence electrons. The largest absolute Gasteiger partial charge is 0.491 e. The molecule has 3 aromatic carbocycles. The van der Waals surface area contributed by atoms with Crippen LogP contribution in [0, 0.1) is 13.8 Å². The number of benzene rings is 3. The van der Waals surface area contributed by atoms with Crippen LogP contribution in [0.4, 0.5) is 5.69 Å². The molecule has 0 amide bonds. The topological polar surface area (TPSA) is 57.9 Å². The van der Waals surface area contributed by atoms with Crippen LogP contribution in [-0.2, 0) is 11.3 Å². The molecule has 0 aliphatic carbocycles. The first kappa shape index (κ1) is 24.1. The van der Waals surface area contributed by atoms with Gasteiger partial charge in [-0.25, -0.2) is 4.98 Å². The van der Waals surface area contributed by atoms with E-state index in [0.29, 0.717) is 30.4 Å². The zero-order chi connectivity index (χ0) is 24.5. The van der Waals surface area contributed by atoms with Crippen molar-refractivity contribution in [2.45, 2.75) is 33.7 Å². The normalized spacial score (nSPS) is 11.3. The number of hydrogen-bond donors (Lipinski definition) is 0. The maximum Gasteiger partial charge on any atom is 0.394 e. The summed E-state index contributed by atoms with van der Waals surface area (Å²) in [5.41, 5.74) is 4.98. The van der Waals surface area contributed by atoms with Gasteiger partial charge in [-0.05, 0) is 51.0 Å². The molecule has 0 unspecified atom stereocenters. The molecule has 6 heteroatoms. The van der Waals surface area contributed by atoms with Crippen LogP contribution in [0.5, 0.6) is 11.5 Å². The molecule has 0 fully saturated rings. The number of aryl methyl sites for hydroxylation is 2. The summed E-state index contributed by atoms with van der Waals surface area (Å²) in [4.78, 5) is 9.27. The molecule has 4 rings (SSSR count). The van der Waals surface area contributed by atoms with Gasteiger partial charge in [-0.2, -0.15) is 4.99 Å². The van der Waals surface area contributed by atoms with E-state index < -0.39 is 0 Å². The summed E-state index contributed by atoms with van der Waals surface area (Å²) in [6, 6.07) is 25.6. The lowest BCUT2D eigenvalue weighted by Crippen LogP contribution is -2.13. The van der Waals surface area contributed by atoms with Gasteiger partial charge in [0, 0.05) is 17.8 Å². The number of aliphatic imine (C=N–C) groups is 1. The third-order valence-electron chi connectivity index (χ3n) is 5.57. The van der Waals surface area contributed by atoms with Crippen molar-refractivity contribution in [2.24, 2.45) is 4.99 Å². The lowest BCUT2D eigenvalue weighted by Gasteiger charge is -2.13. The van der Waals surface area contributed by atoms with Crippen molar-refractivity contribution in [3.05, 3.63) is 96.4 Å². The third-order valence-corrected chi connectivity index (χ3v) is 5.57. The summed E-state index contributed by atoms with van der Waals surface area (Å²) in [6.07, 6.45) is 2.93. The highest BCUT2D eigenvalue weighted by Gasteiger charge is 2.12. The van der Waals surface area contributed by atoms with Gasteiger partial charge in [0.15, 0.2) is 0 Å². The van der Waals surface area contributed by atoms with Gasteiger partial charge < -0.3 is 18.8 Å². The summed E-state index contributed by atoms with van der Waals surface area (Å²) >= 11 is 0. The van der Waals surface area contributed by atoms with E-state index in [9.17, 15) is 0 Å². The fourth-order valence-electron chi connectivity index (χ4n) is 3.75. The Bertz CT molecular complexity index is 1250. The molecule has 0 atom stereocenters. The van der Waals surface area contributed by atoms with Gasteiger partial charge in [-0.3, -0.25) is 0 Å². The second-order valence-corrected chi connectivity index (χ2v) is 8.09. The maximum absolute atomic E-state index is 6.15. The fraction of sp³-hybridized carbons (Fsp3) is 0.241. The molecule has 6 nitrogen and oxygen atoms in total. The van der Waals surface area contributed by atoms with Crippen LogP contribution >= 0.6 is 0 Å². The van der Waals surface area contributed by atoms with Gasteiger partial charge in [0.1, 0.15) is 17.2 Å². The smallest absolute Gasteiger partial charge is 0.394 e. The van der Waals surface area contributed by atoms with Crippen LogP contribution in [0.2, 0.25) is 0 Å². The molecular weight excluding hydrogens is 438 g/mol. The monoisotopic (exact) mass is 469 g/mol. The minimum absolute atomic E-state index is 0.195. The lowest BCUT2D eigenvalue weighted by atomic mass is 10.1. The third kappa shape index (κ3) is 6.29. The van der Waals surface area contributed by atoms with Gasteiger partial charge >= 0.3 is 6.08 Å². The molecule has 0 bridgehead atoms. The van der Waals surface area contributed by atoms with Gasteiger partial charge in [0.05, 0.1) is 25.2 Å². The van der Waals surface area contributed by atoms with Crippen LogP contribution in [0.15, 0.2) is 90.2 Å². The molecule has 0 N–H and O–H groups in total. The molecule has 0 spiro atoms. The lowest BCUT2D eigenvalue weighted by molar-refractivity contribution is 0.250. The zero-order valence-corrected chi connectivity index (χ0v) is 20.5. The number of aromatic nitrogens is 2. The molecular formula is C29H31N3O3. The predicted octanol–water partition coefficient (Wildman–Crippen LogP) is 6.74. The van der Waals surface area contributed by atoms with Crippen LogP contribution in [-0.4, -0.2) is 28.8 Å². The minimum Gasteiger partial charge on any atom is -0.491 e. The quantitative estimate of drug-likeness (QED) is 0.155. The van der Waals surface area contributed by atoms with Crippen LogP contribution in [0.25, 0.3) is 11.3 Å². The Kier molecular flexibility index (Phi) is 8.17. The number of ether oxygens (including phenoxy) is 3. The Labute approximate surface area is 206 Å². The van der Waals surface area contributed by atoms with E-state index >= 15 is 0 Å². The van der Waals surface area contributed by atoms with Crippen molar-refractivity contribution in [3.8, 4) is 22.8 Å². The number of rotatable bonds is 9. The van der Waals surface area contributed by atoms with E-state index in [1.807, 2.05) is 86.9 Å². The van der Waals surface area contributed by atoms with E-state index in [0.717, 1.165) is 35.5 Å². The molecule has 4 aromatic rings. The van der Waals surface area contributed by atoms with Crippen LogP contribution < -0.4 is 9.47 Å². The van der Waals surface area contributed by atoms with Gasteiger partial charge in [-0.15, -0.1) is 0 Å². The Morgan fingerprint density at radius 3 is 2.40 bits per heavy atom. The SMILES string of the molecule is CCOC(=Nc1c(C)cccc1OCCCn1cnc(-c2ccccc2)c1C)Oc1ccccc1. The Hall–Kier alpha value is -4.06. The van der Waals surface area contributed by atoms with Gasteiger partial charge in [0.2, 0.25) is 0 Å². The Balaban J connectivity index is 1.42. The average molecular weight is 470 g/mol. The molecule has 0 saturated carbocycles. The fourth-order valence-corrected chi connectivity index (χ4v) is 3.75. The Morgan fingerprint density at radius 2 is 1.66 bits per heavy atom. The first-order chi connectivity index (χ1) is 17.2. The summed E-state index contributed by atoms with van der Waals surface area (Å²) < 4.78 is 19.8. The van der Waals surface area contributed by atoms with E-state index in [1.54, 1.807) is 0 Å². The molecule has 0 saturated heterocycles. The molecule has 0 aliphatic rings. The van der Waals surface area contributed by atoms with Crippen molar-refractivity contribution in [1.82, 2.24) is 9.55 Å². The highest BCUT2D eigenvalue weighted by molar-refractivity contribution is 5.76. The highest BCUT2D eigenvalue weighted by atomic mass is 16.7. The number of para-hydroxylation sites is 2. The van der Waals surface area contributed by atoms with E-state index in [4.69, 9.17) is 14.2 Å². The number of imidazole rings is 1. The second kappa shape index (κ2) is 11.9. The van der Waals surface area contributed by atoms with Crippen molar-refractivity contribution < 1.29 is 14.2 Å². The van der Waals surface area contributed by atoms with Gasteiger partial charge in [0.25, 0.3) is 0 Å². The van der Waals surface area contributed by atoms with Crippen molar-refractivity contribution in [3.63, 3.8) is 0 Å². The maximum atomic E-state index is 6.15. The minimum atomic E-state index is 0.195.